The third kappa shape index (κ3) is 4.54. The van der Waals surface area contributed by atoms with Crippen molar-refractivity contribution in [2.24, 2.45) is 0 Å². The van der Waals surface area contributed by atoms with E-state index < -0.39 is 0 Å². The monoisotopic (exact) mass is 430 g/mol. The van der Waals surface area contributed by atoms with Crippen LogP contribution in [0.1, 0.15) is 37.0 Å². The number of fused-ring (bicyclic) bond motifs is 1. The number of benzene rings is 3. The molecule has 0 saturated carbocycles. The maximum Gasteiger partial charge on any atom is 0.323 e. The van der Waals surface area contributed by atoms with Crippen LogP contribution < -0.4 is 15.5 Å². The number of rotatable bonds is 6. The Labute approximate surface area is 189 Å². The number of amides is 3. The van der Waals surface area contributed by atoms with Crippen molar-refractivity contribution < 1.29 is 9.59 Å². The summed E-state index contributed by atoms with van der Waals surface area (Å²) in [6, 6.07) is 19.0. The zero-order chi connectivity index (χ0) is 22.5. The SMILES string of the molecule is CCN(CC)C(=O)c1cc(NC(=O)Nc2cccc3ccccc23)ccc1N1CCCC1. The molecule has 4 rings (SSSR count). The second-order valence-corrected chi connectivity index (χ2v) is 8.01. The molecule has 0 atom stereocenters. The van der Waals surface area contributed by atoms with E-state index >= 15 is 0 Å². The minimum absolute atomic E-state index is 0.00462. The molecule has 0 aliphatic carbocycles. The van der Waals surface area contributed by atoms with Gasteiger partial charge in [0.1, 0.15) is 0 Å². The first kappa shape index (κ1) is 21.7. The molecule has 166 valence electrons. The zero-order valence-corrected chi connectivity index (χ0v) is 18.7. The van der Waals surface area contributed by atoms with Crippen molar-refractivity contribution in [2.75, 3.05) is 41.7 Å². The lowest BCUT2D eigenvalue weighted by Gasteiger charge is -2.25. The quantitative estimate of drug-likeness (QED) is 0.538. The Morgan fingerprint density at radius 1 is 0.906 bits per heavy atom. The molecule has 0 unspecified atom stereocenters. The molecule has 3 amide bonds. The first-order chi connectivity index (χ1) is 15.6. The van der Waals surface area contributed by atoms with Crippen LogP contribution >= 0.6 is 0 Å². The maximum absolute atomic E-state index is 13.2. The Kier molecular flexibility index (Phi) is 6.59. The number of carbonyl (C=O) groups excluding carboxylic acids is 2. The topological polar surface area (TPSA) is 64.7 Å². The Balaban J connectivity index is 1.58. The van der Waals surface area contributed by atoms with Gasteiger partial charge in [0, 0.05) is 42.9 Å². The fourth-order valence-corrected chi connectivity index (χ4v) is 4.32. The number of nitrogens with one attached hydrogen (secondary N) is 2. The number of hydrogen-bond acceptors (Lipinski definition) is 3. The summed E-state index contributed by atoms with van der Waals surface area (Å²) in [4.78, 5) is 30.1. The predicted octanol–water partition coefficient (Wildman–Crippen LogP) is 5.57. The smallest absolute Gasteiger partial charge is 0.323 e. The van der Waals surface area contributed by atoms with Crippen molar-refractivity contribution in [3.63, 3.8) is 0 Å². The van der Waals surface area contributed by atoms with Crippen LogP contribution in [0.5, 0.6) is 0 Å². The largest absolute Gasteiger partial charge is 0.371 e. The highest BCUT2D eigenvalue weighted by Crippen LogP contribution is 2.29. The molecule has 1 aliphatic heterocycles. The summed E-state index contributed by atoms with van der Waals surface area (Å²) in [5.74, 6) is -0.00462. The van der Waals surface area contributed by atoms with E-state index in [0.29, 0.717) is 24.3 Å². The van der Waals surface area contributed by atoms with E-state index in [4.69, 9.17) is 0 Å². The van der Waals surface area contributed by atoms with Crippen LogP contribution in [0, 0.1) is 0 Å². The van der Waals surface area contributed by atoms with Crippen molar-refractivity contribution in [1.82, 2.24) is 4.90 Å². The molecule has 1 saturated heterocycles. The molecule has 3 aromatic carbocycles. The van der Waals surface area contributed by atoms with Crippen LogP contribution in [0.25, 0.3) is 10.8 Å². The van der Waals surface area contributed by atoms with E-state index in [1.165, 1.54) is 0 Å². The molecule has 1 aliphatic rings. The second kappa shape index (κ2) is 9.73. The Morgan fingerprint density at radius 3 is 2.38 bits per heavy atom. The lowest BCUT2D eigenvalue weighted by Crippen LogP contribution is -2.32. The lowest BCUT2D eigenvalue weighted by molar-refractivity contribution is 0.0773. The van der Waals surface area contributed by atoms with Crippen molar-refractivity contribution in [3.05, 3.63) is 66.2 Å². The summed E-state index contributed by atoms with van der Waals surface area (Å²) in [6.07, 6.45) is 2.26. The van der Waals surface area contributed by atoms with Crippen LogP contribution in [0.15, 0.2) is 60.7 Å². The van der Waals surface area contributed by atoms with Gasteiger partial charge in [0.05, 0.1) is 11.3 Å². The van der Waals surface area contributed by atoms with Crippen LogP contribution in [0.3, 0.4) is 0 Å². The van der Waals surface area contributed by atoms with Gasteiger partial charge in [0.2, 0.25) is 0 Å². The normalized spacial score (nSPS) is 13.2. The standard InChI is InChI=1S/C26H30N4O2/c1-3-29(4-2)25(31)22-18-20(14-15-24(22)30-16-7-8-17-30)27-26(32)28-23-13-9-11-19-10-5-6-12-21(19)23/h5-6,9-15,18H,3-4,7-8,16-17H2,1-2H3,(H2,27,28,32). The Morgan fingerprint density at radius 2 is 1.62 bits per heavy atom. The van der Waals surface area contributed by atoms with Gasteiger partial charge in [0.15, 0.2) is 0 Å². The summed E-state index contributed by atoms with van der Waals surface area (Å²) in [7, 11) is 0. The molecule has 6 nitrogen and oxygen atoms in total. The van der Waals surface area contributed by atoms with Gasteiger partial charge in [-0.3, -0.25) is 4.79 Å². The molecular weight excluding hydrogens is 400 g/mol. The molecule has 6 heteroatoms. The van der Waals surface area contributed by atoms with E-state index in [-0.39, 0.29) is 11.9 Å². The number of nitrogens with zero attached hydrogens (tertiary/aromatic N) is 2. The molecular formula is C26H30N4O2. The highest BCUT2D eigenvalue weighted by atomic mass is 16.2. The van der Waals surface area contributed by atoms with Gasteiger partial charge >= 0.3 is 6.03 Å². The minimum atomic E-state index is -0.337. The number of hydrogen-bond donors (Lipinski definition) is 2. The molecule has 0 bridgehead atoms. The van der Waals surface area contributed by atoms with Gasteiger partial charge in [-0.1, -0.05) is 36.4 Å². The lowest BCUT2D eigenvalue weighted by atomic mass is 10.1. The van der Waals surface area contributed by atoms with E-state index in [2.05, 4.69) is 15.5 Å². The van der Waals surface area contributed by atoms with E-state index in [1.54, 1.807) is 6.07 Å². The Bertz CT molecular complexity index is 1110. The van der Waals surface area contributed by atoms with Gasteiger partial charge in [-0.15, -0.1) is 0 Å². The van der Waals surface area contributed by atoms with Gasteiger partial charge < -0.3 is 20.4 Å². The van der Waals surface area contributed by atoms with Gasteiger partial charge in [-0.05, 0) is 56.3 Å². The highest BCUT2D eigenvalue weighted by Gasteiger charge is 2.23. The molecule has 0 spiro atoms. The molecule has 2 N–H and O–H groups in total. The molecule has 3 aromatic rings. The number of carbonyl (C=O) groups is 2. The summed E-state index contributed by atoms with van der Waals surface area (Å²) in [5.41, 5.74) is 2.92. The predicted molar refractivity (Wildman–Crippen MR) is 132 cm³/mol. The third-order valence-corrected chi connectivity index (χ3v) is 6.02. The molecule has 32 heavy (non-hydrogen) atoms. The highest BCUT2D eigenvalue weighted by molar-refractivity contribution is 6.07. The first-order valence-electron chi connectivity index (χ1n) is 11.3. The summed E-state index contributed by atoms with van der Waals surface area (Å²) < 4.78 is 0. The average molecular weight is 431 g/mol. The van der Waals surface area contributed by atoms with E-state index in [9.17, 15) is 9.59 Å². The van der Waals surface area contributed by atoms with Gasteiger partial charge in [-0.2, -0.15) is 0 Å². The Hall–Kier alpha value is -3.54. The van der Waals surface area contributed by atoms with Crippen LogP contribution in [-0.2, 0) is 0 Å². The average Bonchev–Trinajstić information content (AvgIpc) is 3.35. The number of urea groups is 1. The summed E-state index contributed by atoms with van der Waals surface area (Å²) in [5, 5.41) is 7.89. The maximum atomic E-state index is 13.2. The van der Waals surface area contributed by atoms with E-state index in [0.717, 1.165) is 48.1 Å². The summed E-state index contributed by atoms with van der Waals surface area (Å²) in [6.45, 7) is 7.16. The van der Waals surface area contributed by atoms with Crippen molar-refractivity contribution in [3.8, 4) is 0 Å². The number of anilines is 3. The minimum Gasteiger partial charge on any atom is -0.371 e. The summed E-state index contributed by atoms with van der Waals surface area (Å²) >= 11 is 0. The fraction of sp³-hybridized carbons (Fsp3) is 0.308. The van der Waals surface area contributed by atoms with Crippen molar-refractivity contribution >= 4 is 39.8 Å². The molecule has 0 aromatic heterocycles. The van der Waals surface area contributed by atoms with Gasteiger partial charge in [-0.25, -0.2) is 4.79 Å². The van der Waals surface area contributed by atoms with Crippen LogP contribution in [0.4, 0.5) is 21.9 Å². The van der Waals surface area contributed by atoms with E-state index in [1.807, 2.05) is 73.3 Å². The third-order valence-electron chi connectivity index (χ3n) is 6.02. The molecule has 1 heterocycles. The molecule has 1 fully saturated rings. The van der Waals surface area contributed by atoms with Crippen molar-refractivity contribution in [2.45, 2.75) is 26.7 Å². The zero-order valence-electron chi connectivity index (χ0n) is 18.7. The fourth-order valence-electron chi connectivity index (χ4n) is 4.32. The second-order valence-electron chi connectivity index (χ2n) is 8.01. The first-order valence-corrected chi connectivity index (χ1v) is 11.3. The van der Waals surface area contributed by atoms with Crippen LogP contribution in [0.2, 0.25) is 0 Å². The van der Waals surface area contributed by atoms with Gasteiger partial charge in [0.25, 0.3) is 5.91 Å². The van der Waals surface area contributed by atoms with Crippen LogP contribution in [-0.4, -0.2) is 43.0 Å². The molecule has 0 radical (unpaired) electrons. The van der Waals surface area contributed by atoms with Crippen molar-refractivity contribution in [1.29, 1.82) is 0 Å².